The Morgan fingerprint density at radius 2 is 2.29 bits per heavy atom. The van der Waals surface area contributed by atoms with Crippen LogP contribution in [0.3, 0.4) is 0 Å². The Morgan fingerprint density at radius 1 is 1.43 bits per heavy atom. The van der Waals surface area contributed by atoms with Gasteiger partial charge in [-0.15, -0.1) is 0 Å². The molecule has 1 aromatic heterocycles. The predicted molar refractivity (Wildman–Crippen MR) is 77.3 cm³/mol. The average molecular weight is 307 g/mol. The quantitative estimate of drug-likeness (QED) is 0.856. The smallest absolute Gasteiger partial charge is 0.230 e. The van der Waals surface area contributed by atoms with Gasteiger partial charge in [-0.2, -0.15) is 0 Å². The first kappa shape index (κ1) is 13.9. The van der Waals surface area contributed by atoms with Crippen molar-refractivity contribution in [1.29, 1.82) is 0 Å². The first-order valence-electron chi connectivity index (χ1n) is 6.73. The van der Waals surface area contributed by atoms with E-state index < -0.39 is 0 Å². The van der Waals surface area contributed by atoms with Crippen molar-refractivity contribution < 1.29 is 14.1 Å². The Kier molecular flexibility index (Phi) is 3.84. The fourth-order valence-corrected chi connectivity index (χ4v) is 2.53. The van der Waals surface area contributed by atoms with Gasteiger partial charge < -0.3 is 14.2 Å². The fourth-order valence-electron chi connectivity index (χ4n) is 2.34. The molecule has 0 saturated carbocycles. The van der Waals surface area contributed by atoms with Crippen molar-refractivity contribution in [3.63, 3.8) is 0 Å². The lowest BCUT2D eigenvalue weighted by molar-refractivity contribution is -0.131. The Bertz CT molecular complexity index is 669. The summed E-state index contributed by atoms with van der Waals surface area (Å²) in [6, 6.07) is 7.23. The Morgan fingerprint density at radius 3 is 3.05 bits per heavy atom. The number of aromatic nitrogens is 1. The number of aryl methyl sites for hydroxylation is 1. The summed E-state index contributed by atoms with van der Waals surface area (Å²) in [5, 5.41) is 4.43. The van der Waals surface area contributed by atoms with Crippen LogP contribution in [0.25, 0.3) is 0 Å². The van der Waals surface area contributed by atoms with Crippen LogP contribution < -0.4 is 4.74 Å². The molecule has 0 atom stereocenters. The van der Waals surface area contributed by atoms with E-state index in [0.717, 1.165) is 17.0 Å². The van der Waals surface area contributed by atoms with Crippen molar-refractivity contribution >= 4 is 17.5 Å². The van der Waals surface area contributed by atoms with Crippen LogP contribution in [0.1, 0.15) is 17.0 Å². The molecule has 1 aromatic carbocycles. The van der Waals surface area contributed by atoms with Gasteiger partial charge in [-0.05, 0) is 25.1 Å². The summed E-state index contributed by atoms with van der Waals surface area (Å²) in [6.07, 6.45) is 0.205. The normalized spacial score (nSPS) is 14.3. The molecule has 0 N–H and O–H groups in total. The number of halogens is 1. The van der Waals surface area contributed by atoms with Gasteiger partial charge in [0.15, 0.2) is 0 Å². The van der Waals surface area contributed by atoms with E-state index in [9.17, 15) is 4.79 Å². The highest BCUT2D eigenvalue weighted by atomic mass is 35.5. The van der Waals surface area contributed by atoms with E-state index in [1.165, 1.54) is 0 Å². The zero-order valence-corrected chi connectivity index (χ0v) is 12.4. The Labute approximate surface area is 127 Å². The number of fused-ring (bicyclic) bond motifs is 1. The van der Waals surface area contributed by atoms with Crippen LogP contribution in [-0.2, 0) is 17.8 Å². The van der Waals surface area contributed by atoms with Crippen LogP contribution in [-0.4, -0.2) is 29.1 Å². The molecule has 0 bridgehead atoms. The van der Waals surface area contributed by atoms with E-state index in [0.29, 0.717) is 30.5 Å². The molecule has 0 radical (unpaired) electrons. The molecule has 5 nitrogen and oxygen atoms in total. The molecule has 0 aliphatic carbocycles. The highest BCUT2D eigenvalue weighted by Gasteiger charge is 2.21. The predicted octanol–water partition coefficient (Wildman–Crippen LogP) is 2.60. The van der Waals surface area contributed by atoms with Crippen molar-refractivity contribution in [3.8, 4) is 5.75 Å². The zero-order chi connectivity index (χ0) is 14.8. The summed E-state index contributed by atoms with van der Waals surface area (Å²) >= 11 is 6.01. The molecule has 0 saturated heterocycles. The van der Waals surface area contributed by atoms with E-state index in [4.69, 9.17) is 20.9 Å². The van der Waals surface area contributed by atoms with E-state index in [1.807, 2.05) is 19.1 Å². The maximum Gasteiger partial charge on any atom is 0.230 e. The third kappa shape index (κ3) is 3.19. The van der Waals surface area contributed by atoms with Gasteiger partial charge in [-0.25, -0.2) is 0 Å². The van der Waals surface area contributed by atoms with Crippen LogP contribution in [0, 0.1) is 6.92 Å². The number of carbonyl (C=O) groups excluding carboxylic acids is 1. The SMILES string of the molecule is Cc1cc(CC(=O)N2CCOc3ccc(Cl)cc3C2)on1. The third-order valence-corrected chi connectivity index (χ3v) is 3.59. The Balaban J connectivity index is 1.75. The van der Waals surface area contributed by atoms with Gasteiger partial charge >= 0.3 is 0 Å². The molecule has 2 heterocycles. The molecule has 1 amide bonds. The molecule has 2 aromatic rings. The maximum atomic E-state index is 12.4. The van der Waals surface area contributed by atoms with Crippen LogP contribution >= 0.6 is 11.6 Å². The number of nitrogens with zero attached hydrogens (tertiary/aromatic N) is 2. The van der Waals surface area contributed by atoms with Gasteiger partial charge in [-0.1, -0.05) is 16.8 Å². The first-order chi connectivity index (χ1) is 10.1. The molecular weight excluding hydrogens is 292 g/mol. The number of hydrogen-bond acceptors (Lipinski definition) is 4. The summed E-state index contributed by atoms with van der Waals surface area (Å²) in [4.78, 5) is 14.1. The van der Waals surface area contributed by atoms with Crippen molar-refractivity contribution in [2.24, 2.45) is 0 Å². The van der Waals surface area contributed by atoms with Crippen molar-refractivity contribution in [2.45, 2.75) is 19.9 Å². The molecule has 0 fully saturated rings. The number of amides is 1. The lowest BCUT2D eigenvalue weighted by atomic mass is 10.2. The summed E-state index contributed by atoms with van der Waals surface area (Å²) in [5.41, 5.74) is 1.69. The van der Waals surface area contributed by atoms with E-state index >= 15 is 0 Å². The second-order valence-electron chi connectivity index (χ2n) is 5.03. The van der Waals surface area contributed by atoms with E-state index in [2.05, 4.69) is 5.16 Å². The van der Waals surface area contributed by atoms with Crippen LogP contribution in [0.15, 0.2) is 28.8 Å². The molecule has 3 rings (SSSR count). The summed E-state index contributed by atoms with van der Waals surface area (Å²) in [7, 11) is 0. The monoisotopic (exact) mass is 306 g/mol. The second-order valence-corrected chi connectivity index (χ2v) is 5.46. The molecule has 1 aliphatic heterocycles. The van der Waals surface area contributed by atoms with Gasteiger partial charge in [0.05, 0.1) is 18.7 Å². The first-order valence-corrected chi connectivity index (χ1v) is 7.11. The standard InChI is InChI=1S/C15H15ClN2O3/c1-10-6-13(21-17-10)8-15(19)18-4-5-20-14-3-2-12(16)7-11(14)9-18/h2-3,6-7H,4-5,8-9H2,1H3. The van der Waals surface area contributed by atoms with E-state index in [-0.39, 0.29) is 12.3 Å². The topological polar surface area (TPSA) is 55.6 Å². The maximum absolute atomic E-state index is 12.4. The average Bonchev–Trinajstić information content (AvgIpc) is 2.73. The summed E-state index contributed by atoms with van der Waals surface area (Å²) < 4.78 is 10.7. The minimum atomic E-state index is -0.0115. The molecule has 21 heavy (non-hydrogen) atoms. The highest BCUT2D eigenvalue weighted by molar-refractivity contribution is 6.30. The lowest BCUT2D eigenvalue weighted by Gasteiger charge is -2.19. The second kappa shape index (κ2) is 5.77. The number of rotatable bonds is 2. The van der Waals surface area contributed by atoms with Gasteiger partial charge in [-0.3, -0.25) is 4.79 Å². The van der Waals surface area contributed by atoms with Crippen molar-refractivity contribution in [3.05, 3.63) is 46.3 Å². The van der Waals surface area contributed by atoms with Crippen molar-refractivity contribution in [1.82, 2.24) is 10.1 Å². The van der Waals surface area contributed by atoms with E-state index in [1.54, 1.807) is 17.0 Å². The minimum absolute atomic E-state index is 0.0115. The highest BCUT2D eigenvalue weighted by Crippen LogP contribution is 2.26. The van der Waals surface area contributed by atoms with Gasteiger partial charge in [0.1, 0.15) is 18.1 Å². The van der Waals surface area contributed by atoms with Crippen LogP contribution in [0.4, 0.5) is 0 Å². The largest absolute Gasteiger partial charge is 0.491 e. The van der Waals surface area contributed by atoms with Crippen molar-refractivity contribution in [2.75, 3.05) is 13.2 Å². The molecule has 6 heteroatoms. The Hall–Kier alpha value is -2.01. The number of hydrogen-bond donors (Lipinski definition) is 0. The minimum Gasteiger partial charge on any atom is -0.491 e. The lowest BCUT2D eigenvalue weighted by Crippen LogP contribution is -2.33. The summed E-state index contributed by atoms with van der Waals surface area (Å²) in [6.45, 7) is 3.32. The molecule has 0 unspecified atom stereocenters. The molecule has 110 valence electrons. The zero-order valence-electron chi connectivity index (χ0n) is 11.6. The molecule has 1 aliphatic rings. The van der Waals surface area contributed by atoms with Gasteiger partial charge in [0, 0.05) is 23.2 Å². The number of ether oxygens (including phenoxy) is 1. The van der Waals surface area contributed by atoms with Gasteiger partial charge in [0.2, 0.25) is 5.91 Å². The fraction of sp³-hybridized carbons (Fsp3) is 0.333. The molecular formula is C15H15ClN2O3. The van der Waals surface area contributed by atoms with Gasteiger partial charge in [0.25, 0.3) is 0 Å². The molecule has 0 spiro atoms. The van der Waals surface area contributed by atoms with Crippen LogP contribution in [0.2, 0.25) is 5.02 Å². The third-order valence-electron chi connectivity index (χ3n) is 3.36. The number of benzene rings is 1. The summed E-state index contributed by atoms with van der Waals surface area (Å²) in [5.74, 6) is 1.35. The van der Waals surface area contributed by atoms with Crippen LogP contribution in [0.5, 0.6) is 5.75 Å². The number of carbonyl (C=O) groups is 1.